The van der Waals surface area contributed by atoms with Gasteiger partial charge < -0.3 is 0 Å². The molecule has 3 aromatic rings. The molecule has 0 radical (unpaired) electrons. The third-order valence-corrected chi connectivity index (χ3v) is 6.54. The average molecular weight is 439 g/mol. The van der Waals surface area contributed by atoms with Gasteiger partial charge >= 0.3 is 0 Å². The maximum absolute atomic E-state index is 12.6. The number of benzene rings is 1. The minimum Gasteiger partial charge on any atom is -0.293 e. The standard InChI is InChI=1S/C22H19ClN4O2S/c1-22(2,3)26-30(28,29)17-9-7-14(8-10-17)20-19(12-24)18-11-15(23)13-25-21(18)27(20)16-5-4-6-16/h4-11,13,26H,1-3H3. The molecule has 30 heavy (non-hydrogen) atoms. The van der Waals surface area contributed by atoms with Gasteiger partial charge in [0.25, 0.3) is 0 Å². The Hall–Kier alpha value is -2.92. The third kappa shape index (κ3) is 3.54. The molecule has 0 bridgehead atoms. The zero-order valence-electron chi connectivity index (χ0n) is 16.6. The van der Waals surface area contributed by atoms with Crippen molar-refractivity contribution in [2.24, 2.45) is 0 Å². The number of hydrogen-bond acceptors (Lipinski definition) is 4. The van der Waals surface area contributed by atoms with Gasteiger partial charge in [0.2, 0.25) is 10.0 Å². The van der Waals surface area contributed by atoms with Crippen LogP contribution in [0, 0.1) is 11.3 Å². The van der Waals surface area contributed by atoms with Crippen molar-refractivity contribution < 1.29 is 8.42 Å². The fourth-order valence-corrected chi connectivity index (χ4v) is 4.94. The van der Waals surface area contributed by atoms with Crippen molar-refractivity contribution in [3.05, 3.63) is 65.3 Å². The minimum absolute atomic E-state index is 0.159. The molecule has 1 aliphatic carbocycles. The molecule has 2 heterocycles. The largest absolute Gasteiger partial charge is 0.293 e. The molecule has 8 heteroatoms. The van der Waals surface area contributed by atoms with Gasteiger partial charge in [0.1, 0.15) is 11.7 Å². The molecule has 0 saturated heterocycles. The van der Waals surface area contributed by atoms with Crippen molar-refractivity contribution in [3.8, 4) is 17.3 Å². The van der Waals surface area contributed by atoms with Crippen molar-refractivity contribution in [3.63, 3.8) is 0 Å². The van der Waals surface area contributed by atoms with Gasteiger partial charge in [-0.1, -0.05) is 29.8 Å². The maximum atomic E-state index is 12.6. The molecule has 0 spiro atoms. The average Bonchev–Trinajstić information content (AvgIpc) is 2.91. The molecule has 0 amide bonds. The number of pyridine rings is 1. The van der Waals surface area contributed by atoms with Gasteiger partial charge in [0, 0.05) is 28.4 Å². The zero-order chi connectivity index (χ0) is 21.7. The number of fused-ring (bicyclic) bond motifs is 1. The van der Waals surface area contributed by atoms with Gasteiger partial charge in [-0.3, -0.25) is 4.57 Å². The van der Waals surface area contributed by atoms with Crippen molar-refractivity contribution in [2.45, 2.75) is 31.2 Å². The minimum atomic E-state index is -3.66. The zero-order valence-corrected chi connectivity index (χ0v) is 18.2. The van der Waals surface area contributed by atoms with E-state index in [9.17, 15) is 13.7 Å². The summed E-state index contributed by atoms with van der Waals surface area (Å²) in [6, 6.07) is 10.5. The Balaban J connectivity index is 1.89. The summed E-state index contributed by atoms with van der Waals surface area (Å²) in [6.45, 7) is 5.36. The predicted octanol–water partition coefficient (Wildman–Crippen LogP) is 4.72. The Kier molecular flexibility index (Phi) is 4.82. The molecule has 0 fully saturated rings. The van der Waals surface area contributed by atoms with Crippen molar-refractivity contribution in [2.75, 3.05) is 0 Å². The van der Waals surface area contributed by atoms with Crippen molar-refractivity contribution in [1.29, 1.82) is 5.26 Å². The van der Waals surface area contributed by atoms with Crippen LogP contribution in [-0.2, 0) is 10.0 Å². The molecule has 1 aliphatic rings. The van der Waals surface area contributed by atoms with Gasteiger partial charge in [-0.25, -0.2) is 18.1 Å². The number of aromatic nitrogens is 2. The van der Waals surface area contributed by atoms with Crippen LogP contribution >= 0.6 is 11.6 Å². The first-order valence-electron chi connectivity index (χ1n) is 9.24. The number of sulfonamides is 1. The summed E-state index contributed by atoms with van der Waals surface area (Å²) in [5.41, 5.74) is 2.70. The second-order valence-corrected chi connectivity index (χ2v) is 10.1. The Bertz CT molecular complexity index is 1370. The first-order valence-corrected chi connectivity index (χ1v) is 11.1. The maximum Gasteiger partial charge on any atom is 0.241 e. The Morgan fingerprint density at radius 1 is 1.20 bits per heavy atom. The molecule has 1 N–H and O–H groups in total. The first-order chi connectivity index (χ1) is 14.1. The van der Waals surface area contributed by atoms with Crippen LogP contribution in [-0.4, -0.2) is 23.5 Å². The normalized spacial score (nSPS) is 13.8. The fraction of sp³-hybridized carbons (Fsp3) is 0.182. The molecule has 6 nitrogen and oxygen atoms in total. The smallest absolute Gasteiger partial charge is 0.241 e. The SMILES string of the molecule is CC(C)(C)NS(=O)(=O)c1ccc(-c2c(C#N)c3cc(Cl)cnc3n2C2=CC=C2)cc1. The van der Waals surface area contributed by atoms with Crippen molar-refractivity contribution in [1.82, 2.24) is 14.3 Å². The van der Waals surface area contributed by atoms with Gasteiger partial charge in [0.15, 0.2) is 0 Å². The monoisotopic (exact) mass is 438 g/mol. The summed E-state index contributed by atoms with van der Waals surface area (Å²) < 4.78 is 29.8. The molecule has 152 valence electrons. The molecule has 0 unspecified atom stereocenters. The summed E-state index contributed by atoms with van der Waals surface area (Å²) in [6.07, 6.45) is 7.29. The van der Waals surface area contributed by atoms with E-state index in [-0.39, 0.29) is 4.90 Å². The molecule has 0 aliphatic heterocycles. The van der Waals surface area contributed by atoms with E-state index in [0.29, 0.717) is 32.9 Å². The second kappa shape index (κ2) is 7.10. The Morgan fingerprint density at radius 3 is 2.40 bits per heavy atom. The third-order valence-electron chi connectivity index (χ3n) is 4.56. The lowest BCUT2D eigenvalue weighted by Crippen LogP contribution is -2.40. The Morgan fingerprint density at radius 2 is 1.87 bits per heavy atom. The van der Waals surface area contributed by atoms with Gasteiger partial charge in [-0.2, -0.15) is 5.26 Å². The van der Waals surface area contributed by atoms with E-state index in [1.54, 1.807) is 45.2 Å². The molecule has 0 atom stereocenters. The van der Waals surface area contributed by atoms with Crippen LogP contribution < -0.4 is 4.72 Å². The van der Waals surface area contributed by atoms with E-state index in [0.717, 1.165) is 5.70 Å². The lowest BCUT2D eigenvalue weighted by atomic mass is 10.1. The topological polar surface area (TPSA) is 87.8 Å². The number of halogens is 1. The van der Waals surface area contributed by atoms with Gasteiger partial charge in [0.05, 0.1) is 21.2 Å². The number of rotatable bonds is 4. The second-order valence-electron chi connectivity index (χ2n) is 8.03. The number of nitrogens with zero attached hydrogens (tertiary/aromatic N) is 3. The van der Waals surface area contributed by atoms with Crippen LogP contribution in [0.2, 0.25) is 5.02 Å². The number of allylic oxidation sites excluding steroid dienone is 4. The van der Waals surface area contributed by atoms with E-state index in [4.69, 9.17) is 11.6 Å². The highest BCUT2D eigenvalue weighted by molar-refractivity contribution is 7.89. The van der Waals surface area contributed by atoms with Crippen molar-refractivity contribution >= 4 is 38.4 Å². The summed E-state index contributed by atoms with van der Waals surface area (Å²) in [7, 11) is -3.66. The summed E-state index contributed by atoms with van der Waals surface area (Å²) in [5.74, 6) is 0. The Labute approximate surface area is 180 Å². The molecular formula is C22H19ClN4O2S. The fourth-order valence-electron chi connectivity index (χ4n) is 3.36. The van der Waals surface area contributed by atoms with E-state index in [1.165, 1.54) is 12.1 Å². The van der Waals surface area contributed by atoms with Crippen LogP contribution in [0.1, 0.15) is 26.3 Å². The molecule has 4 rings (SSSR count). The van der Waals surface area contributed by atoms with Crippen LogP contribution in [0.15, 0.2) is 59.7 Å². The summed E-state index contributed by atoms with van der Waals surface area (Å²) in [5, 5.41) is 11.0. The number of nitriles is 1. The quantitative estimate of drug-likeness (QED) is 0.638. The molecule has 2 aromatic heterocycles. The number of nitrogens with one attached hydrogen (secondary N) is 1. The molecule has 0 saturated carbocycles. The van der Waals surface area contributed by atoms with E-state index >= 15 is 0 Å². The van der Waals surface area contributed by atoms with Crippen LogP contribution in [0.4, 0.5) is 0 Å². The highest BCUT2D eigenvalue weighted by atomic mass is 35.5. The highest BCUT2D eigenvalue weighted by Gasteiger charge is 2.25. The summed E-state index contributed by atoms with van der Waals surface area (Å²) in [4.78, 5) is 4.59. The number of hydrogen-bond donors (Lipinski definition) is 1. The first kappa shape index (κ1) is 20.4. The predicted molar refractivity (Wildman–Crippen MR) is 118 cm³/mol. The van der Waals surface area contributed by atoms with Crippen LogP contribution in [0.3, 0.4) is 0 Å². The van der Waals surface area contributed by atoms with Gasteiger partial charge in [-0.05, 0) is 51.1 Å². The van der Waals surface area contributed by atoms with E-state index in [2.05, 4.69) is 15.8 Å². The van der Waals surface area contributed by atoms with Crippen LogP contribution in [0.25, 0.3) is 28.0 Å². The van der Waals surface area contributed by atoms with E-state index < -0.39 is 15.6 Å². The lowest BCUT2D eigenvalue weighted by Gasteiger charge is -2.20. The highest BCUT2D eigenvalue weighted by Crippen LogP contribution is 2.37. The summed E-state index contributed by atoms with van der Waals surface area (Å²) >= 11 is 6.12. The van der Waals surface area contributed by atoms with E-state index in [1.807, 2.05) is 22.8 Å². The van der Waals surface area contributed by atoms with Gasteiger partial charge in [-0.15, -0.1) is 0 Å². The molecular weight excluding hydrogens is 420 g/mol. The molecule has 1 aromatic carbocycles. The van der Waals surface area contributed by atoms with Crippen LogP contribution in [0.5, 0.6) is 0 Å². The lowest BCUT2D eigenvalue weighted by molar-refractivity contribution is 0.491.